The lowest BCUT2D eigenvalue weighted by Gasteiger charge is -2.22. The van der Waals surface area contributed by atoms with Crippen LogP contribution in [0.1, 0.15) is 17.2 Å². The van der Waals surface area contributed by atoms with Gasteiger partial charge in [-0.1, -0.05) is 78.3 Å². The van der Waals surface area contributed by atoms with Gasteiger partial charge in [-0.3, -0.25) is 4.79 Å². The van der Waals surface area contributed by atoms with Crippen LogP contribution in [-0.2, 0) is 4.79 Å². The lowest BCUT2D eigenvalue weighted by Crippen LogP contribution is -2.33. The van der Waals surface area contributed by atoms with Crippen LogP contribution >= 0.6 is 11.6 Å². The van der Waals surface area contributed by atoms with Crippen LogP contribution in [0.25, 0.3) is 10.8 Å². The maximum atomic E-state index is 12.8. The molecule has 0 aliphatic rings. The van der Waals surface area contributed by atoms with Crippen LogP contribution in [0.3, 0.4) is 0 Å². The van der Waals surface area contributed by atoms with Crippen molar-refractivity contribution in [1.29, 1.82) is 0 Å². The predicted molar refractivity (Wildman–Crippen MR) is 119 cm³/mol. The van der Waals surface area contributed by atoms with E-state index in [-0.39, 0.29) is 18.3 Å². The first kappa shape index (κ1) is 19.8. The van der Waals surface area contributed by atoms with Gasteiger partial charge < -0.3 is 15.2 Å². The third-order valence-corrected chi connectivity index (χ3v) is 5.08. The number of halogens is 1. The Kier molecular flexibility index (Phi) is 5.87. The number of phenols is 1. The fourth-order valence-electron chi connectivity index (χ4n) is 3.46. The molecule has 0 radical (unpaired) electrons. The number of amides is 1. The average Bonchev–Trinajstić information content (AvgIpc) is 2.77. The second-order valence-electron chi connectivity index (χ2n) is 6.88. The Hall–Kier alpha value is -3.50. The Labute approximate surface area is 179 Å². The number of benzene rings is 4. The van der Waals surface area contributed by atoms with Gasteiger partial charge >= 0.3 is 0 Å². The summed E-state index contributed by atoms with van der Waals surface area (Å²) in [6.07, 6.45) is 0. The van der Waals surface area contributed by atoms with Crippen LogP contribution in [0, 0.1) is 0 Å². The molecule has 0 saturated heterocycles. The summed E-state index contributed by atoms with van der Waals surface area (Å²) in [5.74, 6) is 0.330. The minimum absolute atomic E-state index is 0.124. The van der Waals surface area contributed by atoms with Crippen molar-refractivity contribution < 1.29 is 14.6 Å². The van der Waals surface area contributed by atoms with E-state index in [1.54, 1.807) is 30.3 Å². The highest BCUT2D eigenvalue weighted by Gasteiger charge is 2.22. The highest BCUT2D eigenvalue weighted by Crippen LogP contribution is 2.35. The van der Waals surface area contributed by atoms with Gasteiger partial charge in [0.25, 0.3) is 5.91 Å². The predicted octanol–water partition coefficient (Wildman–Crippen LogP) is 5.48. The van der Waals surface area contributed by atoms with E-state index in [0.717, 1.165) is 16.3 Å². The van der Waals surface area contributed by atoms with E-state index in [9.17, 15) is 9.90 Å². The van der Waals surface area contributed by atoms with Crippen LogP contribution in [-0.4, -0.2) is 17.6 Å². The van der Waals surface area contributed by atoms with Gasteiger partial charge in [0.05, 0.1) is 6.04 Å². The van der Waals surface area contributed by atoms with E-state index in [0.29, 0.717) is 16.3 Å². The lowest BCUT2D eigenvalue weighted by atomic mass is 9.92. The molecule has 0 aromatic heterocycles. The zero-order valence-corrected chi connectivity index (χ0v) is 16.8. The van der Waals surface area contributed by atoms with Gasteiger partial charge in [0.15, 0.2) is 6.61 Å². The van der Waals surface area contributed by atoms with Gasteiger partial charge in [-0.25, -0.2) is 0 Å². The van der Waals surface area contributed by atoms with E-state index in [4.69, 9.17) is 16.3 Å². The molecule has 0 saturated carbocycles. The minimum atomic E-state index is -0.534. The molecule has 1 unspecified atom stereocenters. The van der Waals surface area contributed by atoms with E-state index < -0.39 is 6.04 Å². The number of hydrogen-bond donors (Lipinski definition) is 2. The standard InChI is InChI=1S/C25H20ClNO3/c26-19-10-6-11-20(15-19)30-16-23(29)27-25(18-8-2-1-3-9-18)24-21-12-5-4-7-17(21)13-14-22(24)28/h1-15,25,28H,16H2,(H,27,29). The monoisotopic (exact) mass is 417 g/mol. The number of carbonyl (C=O) groups excluding carboxylic acids is 1. The number of aromatic hydroxyl groups is 1. The maximum Gasteiger partial charge on any atom is 0.258 e. The summed E-state index contributed by atoms with van der Waals surface area (Å²) in [4.78, 5) is 12.8. The molecule has 0 bridgehead atoms. The fourth-order valence-corrected chi connectivity index (χ4v) is 3.64. The molecule has 0 spiro atoms. The van der Waals surface area contributed by atoms with Gasteiger partial charge in [0.2, 0.25) is 0 Å². The van der Waals surface area contributed by atoms with Gasteiger partial charge in [-0.05, 0) is 40.6 Å². The van der Waals surface area contributed by atoms with Crippen LogP contribution in [0.5, 0.6) is 11.5 Å². The van der Waals surface area contributed by atoms with Gasteiger partial charge in [0.1, 0.15) is 11.5 Å². The van der Waals surface area contributed by atoms with E-state index in [1.807, 2.05) is 60.7 Å². The molecule has 0 aliphatic heterocycles. The molecule has 0 aliphatic carbocycles. The van der Waals surface area contributed by atoms with Crippen molar-refractivity contribution in [3.05, 3.63) is 107 Å². The summed E-state index contributed by atoms with van der Waals surface area (Å²) >= 11 is 5.97. The molecule has 5 heteroatoms. The molecular formula is C25H20ClNO3. The molecule has 0 heterocycles. The van der Waals surface area contributed by atoms with Gasteiger partial charge in [0, 0.05) is 10.6 Å². The van der Waals surface area contributed by atoms with Gasteiger partial charge in [-0.15, -0.1) is 0 Å². The van der Waals surface area contributed by atoms with Crippen molar-refractivity contribution in [3.63, 3.8) is 0 Å². The number of nitrogens with one attached hydrogen (secondary N) is 1. The lowest BCUT2D eigenvalue weighted by molar-refractivity contribution is -0.123. The normalized spacial score (nSPS) is 11.8. The molecule has 0 fully saturated rings. The Morgan fingerprint density at radius 3 is 2.50 bits per heavy atom. The Balaban J connectivity index is 1.65. The van der Waals surface area contributed by atoms with Crippen molar-refractivity contribution in [3.8, 4) is 11.5 Å². The van der Waals surface area contributed by atoms with Crippen LogP contribution in [0.2, 0.25) is 5.02 Å². The Morgan fingerprint density at radius 2 is 1.70 bits per heavy atom. The highest BCUT2D eigenvalue weighted by atomic mass is 35.5. The molecule has 4 rings (SSSR count). The molecule has 30 heavy (non-hydrogen) atoms. The van der Waals surface area contributed by atoms with Crippen LogP contribution in [0.4, 0.5) is 0 Å². The summed E-state index contributed by atoms with van der Waals surface area (Å²) < 4.78 is 5.58. The minimum Gasteiger partial charge on any atom is -0.508 e. The SMILES string of the molecule is O=C(COc1cccc(Cl)c1)NC(c1ccccc1)c1c(O)ccc2ccccc12. The summed E-state index contributed by atoms with van der Waals surface area (Å²) in [6, 6.07) is 27.2. The first-order valence-corrected chi connectivity index (χ1v) is 9.93. The molecule has 2 N–H and O–H groups in total. The van der Waals surface area contributed by atoms with Gasteiger partial charge in [-0.2, -0.15) is 0 Å². The molecule has 1 atom stereocenters. The zero-order valence-electron chi connectivity index (χ0n) is 16.1. The molecule has 4 nitrogen and oxygen atoms in total. The number of rotatable bonds is 6. The number of phenolic OH excluding ortho intramolecular Hbond substituents is 1. The second-order valence-corrected chi connectivity index (χ2v) is 7.31. The molecule has 4 aromatic carbocycles. The topological polar surface area (TPSA) is 58.6 Å². The number of ether oxygens (including phenoxy) is 1. The Morgan fingerprint density at radius 1 is 0.933 bits per heavy atom. The first-order chi connectivity index (χ1) is 14.6. The fraction of sp³-hybridized carbons (Fsp3) is 0.0800. The van der Waals surface area contributed by atoms with Crippen LogP contribution in [0.15, 0.2) is 91.0 Å². The maximum absolute atomic E-state index is 12.8. The van der Waals surface area contributed by atoms with Crippen molar-refractivity contribution in [1.82, 2.24) is 5.32 Å². The van der Waals surface area contributed by atoms with Crippen molar-refractivity contribution >= 4 is 28.3 Å². The molecular weight excluding hydrogens is 398 g/mol. The highest BCUT2D eigenvalue weighted by molar-refractivity contribution is 6.30. The van der Waals surface area contributed by atoms with E-state index in [2.05, 4.69) is 5.32 Å². The first-order valence-electron chi connectivity index (χ1n) is 9.55. The number of carbonyl (C=O) groups is 1. The summed E-state index contributed by atoms with van der Waals surface area (Å²) in [5, 5.41) is 16.1. The summed E-state index contributed by atoms with van der Waals surface area (Å²) in [7, 11) is 0. The third-order valence-electron chi connectivity index (χ3n) is 4.84. The van der Waals surface area contributed by atoms with Crippen molar-refractivity contribution in [2.45, 2.75) is 6.04 Å². The number of fused-ring (bicyclic) bond motifs is 1. The molecule has 4 aromatic rings. The molecule has 1 amide bonds. The van der Waals surface area contributed by atoms with Crippen molar-refractivity contribution in [2.24, 2.45) is 0 Å². The largest absolute Gasteiger partial charge is 0.508 e. The smallest absolute Gasteiger partial charge is 0.258 e. The summed E-state index contributed by atoms with van der Waals surface area (Å²) in [6.45, 7) is -0.171. The van der Waals surface area contributed by atoms with Crippen molar-refractivity contribution in [2.75, 3.05) is 6.61 Å². The number of hydrogen-bond acceptors (Lipinski definition) is 3. The van der Waals surface area contributed by atoms with E-state index >= 15 is 0 Å². The van der Waals surface area contributed by atoms with Crippen LogP contribution < -0.4 is 10.1 Å². The quantitative estimate of drug-likeness (QED) is 0.436. The second kappa shape index (κ2) is 8.89. The molecule has 150 valence electrons. The average molecular weight is 418 g/mol. The third kappa shape index (κ3) is 4.39. The zero-order chi connectivity index (χ0) is 20.9. The summed E-state index contributed by atoms with van der Waals surface area (Å²) in [5.41, 5.74) is 1.51. The van der Waals surface area contributed by atoms with E-state index in [1.165, 1.54) is 0 Å². The Bertz CT molecular complexity index is 1180.